The van der Waals surface area contributed by atoms with Crippen LogP contribution in [0.15, 0.2) is 36.5 Å². The first-order valence-corrected chi connectivity index (χ1v) is 6.14. The van der Waals surface area contributed by atoms with Crippen LogP contribution in [0.4, 0.5) is 0 Å². The van der Waals surface area contributed by atoms with Crippen LogP contribution in [0.25, 0.3) is 22.3 Å². The zero-order valence-corrected chi connectivity index (χ0v) is 10.9. The Bertz CT molecular complexity index is 789. The standard InChI is InChI=1S/C16H13N3/c1-10-3-5-12(6-4-10)15-14(8-17)13-7-11(2)9-18-16(13)19-15/h3-7,9H,1-2H3,(H,18,19). The van der Waals surface area contributed by atoms with Crippen molar-refractivity contribution in [2.45, 2.75) is 13.8 Å². The Balaban J connectivity index is 2.29. The minimum Gasteiger partial charge on any atom is -0.338 e. The summed E-state index contributed by atoms with van der Waals surface area (Å²) >= 11 is 0. The number of aromatic nitrogens is 2. The number of nitrogens with zero attached hydrogens (tertiary/aromatic N) is 2. The average molecular weight is 247 g/mol. The Morgan fingerprint density at radius 1 is 1.11 bits per heavy atom. The molecule has 2 heterocycles. The van der Waals surface area contributed by atoms with Crippen LogP contribution in [0.3, 0.4) is 0 Å². The summed E-state index contributed by atoms with van der Waals surface area (Å²) < 4.78 is 0. The molecule has 0 amide bonds. The Kier molecular flexibility index (Phi) is 2.57. The van der Waals surface area contributed by atoms with Gasteiger partial charge >= 0.3 is 0 Å². The third-order valence-electron chi connectivity index (χ3n) is 3.24. The Morgan fingerprint density at radius 2 is 1.84 bits per heavy atom. The first kappa shape index (κ1) is 11.5. The minimum atomic E-state index is 0.662. The number of nitriles is 1. The molecule has 1 N–H and O–H groups in total. The Hall–Kier alpha value is -2.60. The molecule has 0 unspecified atom stereocenters. The summed E-state index contributed by atoms with van der Waals surface area (Å²) in [4.78, 5) is 7.59. The van der Waals surface area contributed by atoms with E-state index in [1.807, 2.05) is 44.2 Å². The Morgan fingerprint density at radius 3 is 2.53 bits per heavy atom. The molecule has 0 aliphatic heterocycles. The van der Waals surface area contributed by atoms with Gasteiger partial charge in [-0.15, -0.1) is 0 Å². The van der Waals surface area contributed by atoms with Gasteiger partial charge in [0.15, 0.2) is 0 Å². The van der Waals surface area contributed by atoms with Crippen LogP contribution < -0.4 is 0 Å². The second kappa shape index (κ2) is 4.25. The van der Waals surface area contributed by atoms with E-state index in [1.54, 1.807) is 6.20 Å². The maximum atomic E-state index is 9.41. The molecule has 0 bridgehead atoms. The molecule has 92 valence electrons. The lowest BCUT2D eigenvalue weighted by molar-refractivity contribution is 1.28. The van der Waals surface area contributed by atoms with Crippen LogP contribution in [0.1, 0.15) is 16.7 Å². The number of pyridine rings is 1. The van der Waals surface area contributed by atoms with Crippen LogP contribution in [-0.2, 0) is 0 Å². The summed E-state index contributed by atoms with van der Waals surface area (Å²) in [5.41, 5.74) is 5.53. The highest BCUT2D eigenvalue weighted by atomic mass is 14.9. The van der Waals surface area contributed by atoms with Gasteiger partial charge < -0.3 is 4.98 Å². The van der Waals surface area contributed by atoms with Crippen molar-refractivity contribution in [1.82, 2.24) is 9.97 Å². The largest absolute Gasteiger partial charge is 0.338 e. The molecule has 3 heteroatoms. The van der Waals surface area contributed by atoms with Crippen molar-refractivity contribution in [1.29, 1.82) is 5.26 Å². The van der Waals surface area contributed by atoms with E-state index in [0.717, 1.165) is 27.9 Å². The van der Waals surface area contributed by atoms with Gasteiger partial charge in [-0.3, -0.25) is 0 Å². The lowest BCUT2D eigenvalue weighted by atomic mass is 10.1. The molecule has 0 fully saturated rings. The van der Waals surface area contributed by atoms with E-state index in [2.05, 4.69) is 16.0 Å². The van der Waals surface area contributed by atoms with Crippen LogP contribution in [-0.4, -0.2) is 9.97 Å². The fraction of sp³-hybridized carbons (Fsp3) is 0.125. The predicted molar refractivity (Wildman–Crippen MR) is 75.7 cm³/mol. The average Bonchev–Trinajstić information content (AvgIpc) is 2.77. The number of rotatable bonds is 1. The van der Waals surface area contributed by atoms with Gasteiger partial charge in [-0.05, 0) is 31.0 Å². The quantitative estimate of drug-likeness (QED) is 0.712. The summed E-state index contributed by atoms with van der Waals surface area (Å²) in [6.07, 6.45) is 1.80. The number of benzene rings is 1. The van der Waals surface area contributed by atoms with Crippen molar-refractivity contribution in [2.75, 3.05) is 0 Å². The third kappa shape index (κ3) is 1.88. The van der Waals surface area contributed by atoms with Crippen molar-refractivity contribution in [2.24, 2.45) is 0 Å². The molecule has 0 saturated carbocycles. The van der Waals surface area contributed by atoms with Crippen molar-refractivity contribution in [3.63, 3.8) is 0 Å². The van der Waals surface area contributed by atoms with Gasteiger partial charge in [-0.2, -0.15) is 5.26 Å². The fourth-order valence-corrected chi connectivity index (χ4v) is 2.23. The first-order chi connectivity index (χ1) is 9.19. The molecule has 2 aromatic heterocycles. The van der Waals surface area contributed by atoms with Crippen molar-refractivity contribution >= 4 is 11.0 Å². The number of nitrogens with one attached hydrogen (secondary N) is 1. The molecule has 0 saturated heterocycles. The molecule has 0 aliphatic rings. The summed E-state index contributed by atoms with van der Waals surface area (Å²) in [5, 5.41) is 10.3. The van der Waals surface area contributed by atoms with Gasteiger partial charge in [0.2, 0.25) is 0 Å². The van der Waals surface area contributed by atoms with E-state index in [-0.39, 0.29) is 0 Å². The second-order valence-corrected chi connectivity index (χ2v) is 4.76. The van der Waals surface area contributed by atoms with E-state index < -0.39 is 0 Å². The van der Waals surface area contributed by atoms with Crippen LogP contribution >= 0.6 is 0 Å². The SMILES string of the molecule is Cc1ccc(-c2[nH]c3ncc(C)cc3c2C#N)cc1. The summed E-state index contributed by atoms with van der Waals surface area (Å²) in [6, 6.07) is 12.4. The second-order valence-electron chi connectivity index (χ2n) is 4.76. The molecule has 0 spiro atoms. The van der Waals surface area contributed by atoms with Gasteiger partial charge in [0.25, 0.3) is 0 Å². The minimum absolute atomic E-state index is 0.662. The monoisotopic (exact) mass is 247 g/mol. The van der Waals surface area contributed by atoms with Gasteiger partial charge in [0.05, 0.1) is 11.3 Å². The molecule has 19 heavy (non-hydrogen) atoms. The first-order valence-electron chi connectivity index (χ1n) is 6.14. The highest BCUT2D eigenvalue weighted by Crippen LogP contribution is 2.29. The number of hydrogen-bond acceptors (Lipinski definition) is 2. The third-order valence-corrected chi connectivity index (χ3v) is 3.24. The summed E-state index contributed by atoms with van der Waals surface area (Å²) in [6.45, 7) is 4.03. The number of H-pyrrole nitrogens is 1. The predicted octanol–water partition coefficient (Wildman–Crippen LogP) is 3.72. The fourth-order valence-electron chi connectivity index (χ4n) is 2.23. The molecule has 0 atom stereocenters. The zero-order valence-electron chi connectivity index (χ0n) is 10.9. The van der Waals surface area contributed by atoms with E-state index in [4.69, 9.17) is 0 Å². The van der Waals surface area contributed by atoms with Crippen molar-refractivity contribution in [3.05, 3.63) is 53.2 Å². The lowest BCUT2D eigenvalue weighted by Crippen LogP contribution is -1.82. The molecular formula is C16H13N3. The number of aryl methyl sites for hydroxylation is 2. The van der Waals surface area contributed by atoms with Crippen molar-refractivity contribution < 1.29 is 0 Å². The van der Waals surface area contributed by atoms with Gasteiger partial charge in [0.1, 0.15) is 11.7 Å². The topological polar surface area (TPSA) is 52.5 Å². The van der Waals surface area contributed by atoms with E-state index >= 15 is 0 Å². The van der Waals surface area contributed by atoms with Crippen LogP contribution in [0.5, 0.6) is 0 Å². The Labute approximate surface area is 111 Å². The number of fused-ring (bicyclic) bond motifs is 1. The van der Waals surface area contributed by atoms with E-state index in [0.29, 0.717) is 5.56 Å². The number of hydrogen-bond donors (Lipinski definition) is 1. The highest BCUT2D eigenvalue weighted by Gasteiger charge is 2.13. The lowest BCUT2D eigenvalue weighted by Gasteiger charge is -1.99. The molecule has 3 nitrogen and oxygen atoms in total. The van der Waals surface area contributed by atoms with Gasteiger partial charge in [0, 0.05) is 11.6 Å². The van der Waals surface area contributed by atoms with Crippen molar-refractivity contribution in [3.8, 4) is 17.3 Å². The van der Waals surface area contributed by atoms with E-state index in [9.17, 15) is 5.26 Å². The molecular weight excluding hydrogens is 234 g/mol. The zero-order chi connectivity index (χ0) is 13.4. The molecule has 3 rings (SSSR count). The molecule has 1 aromatic carbocycles. The van der Waals surface area contributed by atoms with Gasteiger partial charge in [-0.1, -0.05) is 29.8 Å². The van der Waals surface area contributed by atoms with Gasteiger partial charge in [-0.25, -0.2) is 4.98 Å². The molecule has 3 aromatic rings. The summed E-state index contributed by atoms with van der Waals surface area (Å²) in [5.74, 6) is 0. The van der Waals surface area contributed by atoms with E-state index in [1.165, 1.54) is 5.56 Å². The highest BCUT2D eigenvalue weighted by molar-refractivity contribution is 5.91. The smallest absolute Gasteiger partial charge is 0.139 e. The maximum absolute atomic E-state index is 9.41. The van der Waals surface area contributed by atoms with Crippen LogP contribution in [0.2, 0.25) is 0 Å². The molecule has 0 radical (unpaired) electrons. The van der Waals surface area contributed by atoms with Crippen LogP contribution in [0, 0.1) is 25.2 Å². The maximum Gasteiger partial charge on any atom is 0.139 e. The normalized spacial score (nSPS) is 10.6. The number of aromatic amines is 1. The summed E-state index contributed by atoms with van der Waals surface area (Å²) in [7, 11) is 0. The molecule has 0 aliphatic carbocycles.